The lowest BCUT2D eigenvalue weighted by Crippen LogP contribution is -2.47. The van der Waals surface area contributed by atoms with E-state index < -0.39 is 22.2 Å². The fraction of sp³-hybridized carbons (Fsp3) is 0.429. The van der Waals surface area contributed by atoms with Gasteiger partial charge in [0.2, 0.25) is 0 Å². The smallest absolute Gasteiger partial charge is 0.338 e. The van der Waals surface area contributed by atoms with Crippen molar-refractivity contribution in [3.05, 3.63) is 29.6 Å². The van der Waals surface area contributed by atoms with Crippen LogP contribution in [0, 0.1) is 0 Å². The van der Waals surface area contributed by atoms with Gasteiger partial charge < -0.3 is 9.57 Å². The Morgan fingerprint density at radius 2 is 2.14 bits per heavy atom. The van der Waals surface area contributed by atoms with Gasteiger partial charge in [0.05, 0.1) is 22.4 Å². The summed E-state index contributed by atoms with van der Waals surface area (Å²) < 4.78 is 5.27. The highest BCUT2D eigenvalue weighted by atomic mass is 35.5. The number of nitrogens with zero attached hydrogens (tertiary/aromatic N) is 2. The van der Waals surface area contributed by atoms with Crippen molar-refractivity contribution in [2.45, 2.75) is 36.2 Å². The first kappa shape index (κ1) is 15.7. The van der Waals surface area contributed by atoms with E-state index in [1.807, 2.05) is 0 Å². The van der Waals surface area contributed by atoms with E-state index in [-0.39, 0.29) is 11.7 Å². The van der Waals surface area contributed by atoms with Crippen molar-refractivity contribution in [1.29, 1.82) is 0 Å². The molecular weight excluding hydrogens is 351 g/mol. The van der Waals surface area contributed by atoms with Gasteiger partial charge in [0.15, 0.2) is 11.3 Å². The minimum Gasteiger partial charge on any atom is -0.460 e. The molecule has 0 unspecified atom stereocenters. The summed E-state index contributed by atoms with van der Waals surface area (Å²) in [5.74, 6) is -0.0565. The molecule has 2 aliphatic heterocycles. The quantitative estimate of drug-likeness (QED) is 0.459. The predicted octanol–water partition coefficient (Wildman–Crippen LogP) is 3.15. The van der Waals surface area contributed by atoms with E-state index in [9.17, 15) is 4.79 Å². The van der Waals surface area contributed by atoms with Crippen LogP contribution in [-0.2, 0) is 9.53 Å². The maximum Gasteiger partial charge on any atom is 0.338 e. The van der Waals surface area contributed by atoms with Crippen molar-refractivity contribution in [3.63, 3.8) is 0 Å². The van der Waals surface area contributed by atoms with E-state index in [0.29, 0.717) is 17.1 Å². The predicted molar refractivity (Wildman–Crippen MR) is 83.8 cm³/mol. The molecule has 0 saturated heterocycles. The third-order valence-corrected chi connectivity index (χ3v) is 4.96. The molecule has 22 heavy (non-hydrogen) atoms. The second kappa shape index (κ2) is 5.80. The molecule has 0 aliphatic carbocycles. The number of rotatable bonds is 2. The van der Waals surface area contributed by atoms with Crippen LogP contribution in [0.5, 0.6) is 5.75 Å². The van der Waals surface area contributed by atoms with Crippen LogP contribution in [-0.4, -0.2) is 38.4 Å². The molecule has 0 aromatic carbocycles. The Morgan fingerprint density at radius 1 is 1.41 bits per heavy atom. The summed E-state index contributed by atoms with van der Waals surface area (Å²) in [5, 5.41) is -0.165. The van der Waals surface area contributed by atoms with Gasteiger partial charge in [-0.3, -0.25) is 4.98 Å². The molecule has 1 aromatic rings. The summed E-state index contributed by atoms with van der Waals surface area (Å²) >= 11 is 18.9. The topological polar surface area (TPSA) is 51.7 Å². The summed E-state index contributed by atoms with van der Waals surface area (Å²) in [6.07, 6.45) is 1.31. The number of alkyl halides is 3. The van der Waals surface area contributed by atoms with Gasteiger partial charge >= 0.3 is 5.97 Å². The number of hydrogen-bond acceptors (Lipinski definition) is 5. The van der Waals surface area contributed by atoms with E-state index in [1.54, 1.807) is 32.2 Å². The van der Waals surface area contributed by atoms with Crippen LogP contribution >= 0.6 is 34.8 Å². The lowest BCUT2D eigenvalue weighted by Gasteiger charge is -2.35. The van der Waals surface area contributed by atoms with E-state index in [1.165, 1.54) is 5.06 Å². The molecule has 3 atom stereocenters. The number of halogens is 3. The van der Waals surface area contributed by atoms with Crippen molar-refractivity contribution in [2.75, 3.05) is 0 Å². The Labute approximate surface area is 142 Å². The van der Waals surface area contributed by atoms with E-state index in [2.05, 4.69) is 4.98 Å². The number of aromatic nitrogens is 1. The highest BCUT2D eigenvalue weighted by Gasteiger charge is 2.49. The third kappa shape index (κ3) is 2.41. The average molecular weight is 364 g/mol. The average Bonchev–Trinajstić information content (AvgIpc) is 2.84. The lowest BCUT2D eigenvalue weighted by molar-refractivity contribution is -0.143. The molecule has 0 N–H and O–H groups in total. The highest BCUT2D eigenvalue weighted by Crippen LogP contribution is 2.46. The summed E-state index contributed by atoms with van der Waals surface area (Å²) in [7, 11) is 0. The molecule has 2 aliphatic rings. The second-order valence-corrected chi connectivity index (χ2v) is 6.62. The number of hydroxylamine groups is 2. The Morgan fingerprint density at radius 3 is 2.82 bits per heavy atom. The first-order valence-corrected chi connectivity index (χ1v) is 8.02. The van der Waals surface area contributed by atoms with Gasteiger partial charge in [-0.05, 0) is 26.0 Å². The molecule has 5 nitrogen and oxygen atoms in total. The largest absolute Gasteiger partial charge is 0.460 e. The van der Waals surface area contributed by atoms with Gasteiger partial charge in [0.25, 0.3) is 0 Å². The van der Waals surface area contributed by atoms with Crippen LogP contribution in [0.4, 0.5) is 0 Å². The minimum absolute atomic E-state index is 0.213. The molecular formula is C14H13Cl3N2O3. The zero-order valence-electron chi connectivity index (χ0n) is 11.8. The van der Waals surface area contributed by atoms with Gasteiger partial charge in [0, 0.05) is 6.20 Å². The van der Waals surface area contributed by atoms with E-state index in [0.717, 1.165) is 0 Å². The lowest BCUT2D eigenvalue weighted by atomic mass is 10.0. The molecule has 0 radical (unpaired) electrons. The summed E-state index contributed by atoms with van der Waals surface area (Å²) in [5.41, 5.74) is 0.393. The van der Waals surface area contributed by atoms with E-state index >= 15 is 0 Å². The number of pyridine rings is 1. The summed E-state index contributed by atoms with van der Waals surface area (Å²) in [6.45, 7) is 3.51. The first-order valence-electron chi connectivity index (χ1n) is 6.71. The fourth-order valence-corrected chi connectivity index (χ4v) is 3.28. The van der Waals surface area contributed by atoms with Crippen molar-refractivity contribution >= 4 is 46.5 Å². The number of hydrogen-bond donors (Lipinski definition) is 0. The number of esters is 1. The number of fused-ring (bicyclic) bond motifs is 3. The Kier molecular flexibility index (Phi) is 4.14. The maximum atomic E-state index is 12.4. The molecule has 3 heterocycles. The van der Waals surface area contributed by atoms with Gasteiger partial charge in [-0.2, -0.15) is 5.06 Å². The SMILES string of the molecule is CC(C)OC(=O)C1=C2c3ncccc3ON2[C@@H](Cl)[C@H](Cl)[C@@H]1Cl. The minimum atomic E-state index is -0.807. The maximum absolute atomic E-state index is 12.4. The first-order chi connectivity index (χ1) is 10.4. The normalized spacial score (nSPS) is 26.6. The monoisotopic (exact) mass is 362 g/mol. The molecule has 118 valence electrons. The van der Waals surface area contributed by atoms with Crippen molar-refractivity contribution in [1.82, 2.24) is 10.0 Å². The van der Waals surface area contributed by atoms with Crippen LogP contribution < -0.4 is 4.84 Å². The molecule has 1 aromatic heterocycles. The van der Waals surface area contributed by atoms with Gasteiger partial charge in [-0.1, -0.05) is 11.6 Å². The van der Waals surface area contributed by atoms with Crippen molar-refractivity contribution in [3.8, 4) is 5.75 Å². The number of ether oxygens (including phenoxy) is 1. The van der Waals surface area contributed by atoms with Gasteiger partial charge in [-0.15, -0.1) is 23.2 Å². The molecule has 0 fully saturated rings. The second-order valence-electron chi connectivity index (χ2n) is 5.20. The highest BCUT2D eigenvalue weighted by molar-refractivity contribution is 6.38. The van der Waals surface area contributed by atoms with Crippen LogP contribution in [0.1, 0.15) is 19.5 Å². The van der Waals surface area contributed by atoms with Gasteiger partial charge in [-0.25, -0.2) is 4.79 Å². The summed E-state index contributed by atoms with van der Waals surface area (Å²) in [4.78, 5) is 22.4. The van der Waals surface area contributed by atoms with Crippen LogP contribution in [0.2, 0.25) is 0 Å². The molecule has 0 saturated carbocycles. The molecule has 0 bridgehead atoms. The summed E-state index contributed by atoms with van der Waals surface area (Å²) in [6, 6.07) is 3.46. The Hall–Kier alpha value is -1.17. The van der Waals surface area contributed by atoms with E-state index in [4.69, 9.17) is 44.4 Å². The Bertz CT molecular complexity index is 650. The molecule has 3 rings (SSSR count). The number of carbonyl (C=O) groups excluding carboxylic acids is 1. The fourth-order valence-electron chi connectivity index (χ4n) is 2.36. The Balaban J connectivity index is 2.16. The van der Waals surface area contributed by atoms with Gasteiger partial charge in [0.1, 0.15) is 11.4 Å². The molecule has 8 heteroatoms. The molecule has 0 spiro atoms. The van der Waals surface area contributed by atoms with Crippen LogP contribution in [0.3, 0.4) is 0 Å². The standard InChI is InChI=1S/C14H13Cl3N2O3/c1-6(2)21-14(20)8-9(15)10(16)13(17)19-12(8)11-7(22-19)4-3-5-18-11/h3-6,9-10,13H,1-2H3/t9-,10-,13-/m1/s1. The van der Waals surface area contributed by atoms with Crippen LogP contribution in [0.15, 0.2) is 23.9 Å². The van der Waals surface area contributed by atoms with Crippen LogP contribution in [0.25, 0.3) is 5.70 Å². The van der Waals surface area contributed by atoms with Crippen molar-refractivity contribution < 1.29 is 14.4 Å². The number of carbonyl (C=O) groups is 1. The molecule has 0 amide bonds. The third-order valence-electron chi connectivity index (χ3n) is 3.27. The zero-order valence-corrected chi connectivity index (χ0v) is 14.1. The zero-order chi connectivity index (χ0) is 16.0. The van der Waals surface area contributed by atoms with Crippen molar-refractivity contribution in [2.24, 2.45) is 0 Å².